The van der Waals surface area contributed by atoms with Gasteiger partial charge in [-0.05, 0) is 50.1 Å². The van der Waals surface area contributed by atoms with E-state index in [1.165, 1.54) is 5.56 Å². The molecular formula is C18H21NO3. The van der Waals surface area contributed by atoms with Crippen LogP contribution in [0.2, 0.25) is 0 Å². The first-order chi connectivity index (χ1) is 10.5. The Morgan fingerprint density at radius 1 is 1.36 bits per heavy atom. The van der Waals surface area contributed by atoms with Crippen LogP contribution in [0.5, 0.6) is 11.5 Å². The number of nitrogens with zero attached hydrogens (tertiary/aromatic N) is 1. The van der Waals surface area contributed by atoms with Crippen LogP contribution >= 0.6 is 0 Å². The first kappa shape index (κ1) is 13.8. The number of allylic oxidation sites excluding steroid dienone is 2. The van der Waals surface area contributed by atoms with Crippen LogP contribution in [0.3, 0.4) is 0 Å². The van der Waals surface area contributed by atoms with Crippen molar-refractivity contribution >= 4 is 5.78 Å². The molecule has 4 nitrogen and oxygen atoms in total. The molecule has 4 rings (SSSR count). The SMILES string of the molecule is COc1cc(O)cc2c1[C@]13C=CC(=O)C[C@@H]1[C@H](C2)N(C)CC3. The Morgan fingerprint density at radius 3 is 2.95 bits per heavy atom. The van der Waals surface area contributed by atoms with E-state index in [0.717, 1.165) is 30.7 Å². The number of benzene rings is 1. The molecule has 1 aromatic rings. The van der Waals surface area contributed by atoms with Crippen molar-refractivity contribution < 1.29 is 14.6 Å². The Morgan fingerprint density at radius 2 is 2.18 bits per heavy atom. The molecule has 0 saturated carbocycles. The third-order valence-corrected chi connectivity index (χ3v) is 5.84. The van der Waals surface area contributed by atoms with Crippen molar-refractivity contribution in [1.82, 2.24) is 4.90 Å². The molecule has 0 radical (unpaired) electrons. The van der Waals surface area contributed by atoms with Crippen molar-refractivity contribution in [3.05, 3.63) is 35.4 Å². The van der Waals surface area contributed by atoms with Gasteiger partial charge in [-0.3, -0.25) is 4.79 Å². The van der Waals surface area contributed by atoms with Gasteiger partial charge < -0.3 is 14.7 Å². The van der Waals surface area contributed by atoms with Crippen LogP contribution in [0.1, 0.15) is 24.0 Å². The van der Waals surface area contributed by atoms with E-state index in [1.807, 2.05) is 6.07 Å². The Hall–Kier alpha value is -1.81. The lowest BCUT2D eigenvalue weighted by Crippen LogP contribution is -2.59. The van der Waals surface area contributed by atoms with Gasteiger partial charge in [0, 0.05) is 29.5 Å². The number of carbonyl (C=O) groups excluding carboxylic acids is 1. The Labute approximate surface area is 130 Å². The number of hydrogen-bond acceptors (Lipinski definition) is 4. The second-order valence-corrected chi connectivity index (χ2v) is 6.83. The molecule has 1 heterocycles. The zero-order chi connectivity index (χ0) is 15.5. The third kappa shape index (κ3) is 1.70. The maximum Gasteiger partial charge on any atom is 0.155 e. The van der Waals surface area contributed by atoms with Crippen molar-refractivity contribution in [3.8, 4) is 11.5 Å². The van der Waals surface area contributed by atoms with E-state index in [2.05, 4.69) is 18.0 Å². The summed E-state index contributed by atoms with van der Waals surface area (Å²) >= 11 is 0. The molecule has 1 saturated heterocycles. The minimum absolute atomic E-state index is 0.127. The molecule has 3 aliphatic rings. The lowest BCUT2D eigenvalue weighted by Gasteiger charge is -2.56. The Bertz CT molecular complexity index is 681. The van der Waals surface area contributed by atoms with Gasteiger partial charge >= 0.3 is 0 Å². The average molecular weight is 299 g/mol. The Kier molecular flexibility index (Phi) is 2.89. The highest BCUT2D eigenvalue weighted by Gasteiger charge is 2.54. The number of fused-ring (bicyclic) bond motifs is 1. The number of rotatable bonds is 1. The van der Waals surface area contributed by atoms with E-state index in [9.17, 15) is 9.90 Å². The van der Waals surface area contributed by atoms with E-state index < -0.39 is 0 Å². The molecule has 3 atom stereocenters. The predicted octanol–water partition coefficient (Wildman–Crippen LogP) is 2.04. The number of piperidine rings is 1. The minimum atomic E-state index is -0.127. The number of ether oxygens (including phenoxy) is 1. The number of likely N-dealkylation sites (tertiary alicyclic amines) is 1. The molecule has 1 fully saturated rings. The van der Waals surface area contributed by atoms with Crippen LogP contribution in [0.25, 0.3) is 0 Å². The Balaban J connectivity index is 2.00. The van der Waals surface area contributed by atoms with Gasteiger partial charge in [0.25, 0.3) is 0 Å². The summed E-state index contributed by atoms with van der Waals surface area (Å²) in [4.78, 5) is 14.4. The number of methoxy groups -OCH3 is 1. The highest BCUT2D eigenvalue weighted by molar-refractivity contribution is 5.92. The smallest absolute Gasteiger partial charge is 0.155 e. The van der Waals surface area contributed by atoms with Crippen molar-refractivity contribution in [2.45, 2.75) is 30.7 Å². The summed E-state index contributed by atoms with van der Waals surface area (Å²) in [5.41, 5.74) is 2.21. The van der Waals surface area contributed by atoms with E-state index in [0.29, 0.717) is 18.4 Å². The van der Waals surface area contributed by atoms with Gasteiger partial charge in [-0.1, -0.05) is 6.08 Å². The lowest BCUT2D eigenvalue weighted by atomic mass is 9.54. The average Bonchev–Trinajstić information content (AvgIpc) is 2.50. The zero-order valence-electron chi connectivity index (χ0n) is 13.0. The summed E-state index contributed by atoms with van der Waals surface area (Å²) in [6.45, 7) is 1.02. The summed E-state index contributed by atoms with van der Waals surface area (Å²) in [6.07, 6.45) is 6.32. The van der Waals surface area contributed by atoms with Gasteiger partial charge in [0.1, 0.15) is 11.5 Å². The molecule has 1 aromatic carbocycles. The fourth-order valence-electron chi connectivity index (χ4n) is 4.84. The fraction of sp³-hybridized carbons (Fsp3) is 0.500. The zero-order valence-corrected chi connectivity index (χ0v) is 13.0. The summed E-state index contributed by atoms with van der Waals surface area (Å²) in [7, 11) is 3.79. The number of likely N-dealkylation sites (N-methyl/N-ethyl adjacent to an activating group) is 1. The van der Waals surface area contributed by atoms with Crippen LogP contribution in [0.4, 0.5) is 0 Å². The first-order valence-corrected chi connectivity index (χ1v) is 7.88. The largest absolute Gasteiger partial charge is 0.508 e. The molecule has 1 N–H and O–H groups in total. The molecule has 0 unspecified atom stereocenters. The topological polar surface area (TPSA) is 49.8 Å². The van der Waals surface area contributed by atoms with Gasteiger partial charge in [0.15, 0.2) is 5.78 Å². The number of hydrogen-bond donors (Lipinski definition) is 1. The standard InChI is InChI=1S/C18H21NO3/c1-19-6-5-18-4-3-12(20)9-14(18)15(19)8-11-7-13(21)10-16(22-2)17(11)18/h3-4,7,10,14-15,21H,5-6,8-9H2,1-2H3/t14-,15+,18+/m1/s1. The summed E-state index contributed by atoms with van der Waals surface area (Å²) < 4.78 is 5.59. The molecule has 2 bridgehead atoms. The van der Waals surface area contributed by atoms with E-state index >= 15 is 0 Å². The second kappa shape index (κ2) is 4.59. The predicted molar refractivity (Wildman–Crippen MR) is 83.3 cm³/mol. The van der Waals surface area contributed by atoms with Crippen molar-refractivity contribution in [3.63, 3.8) is 0 Å². The van der Waals surface area contributed by atoms with Crippen LogP contribution in [-0.2, 0) is 16.6 Å². The first-order valence-electron chi connectivity index (χ1n) is 7.88. The van der Waals surface area contributed by atoms with Crippen LogP contribution in [0, 0.1) is 5.92 Å². The maximum atomic E-state index is 12.0. The molecule has 0 spiro atoms. The van der Waals surface area contributed by atoms with E-state index in [1.54, 1.807) is 19.3 Å². The monoisotopic (exact) mass is 299 g/mol. The maximum absolute atomic E-state index is 12.0. The number of phenolic OH excluding ortho intramolecular Hbond substituents is 1. The lowest BCUT2D eigenvalue weighted by molar-refractivity contribution is -0.118. The summed E-state index contributed by atoms with van der Waals surface area (Å²) in [6, 6.07) is 3.92. The number of aromatic hydroxyl groups is 1. The molecule has 4 heteroatoms. The summed E-state index contributed by atoms with van der Waals surface area (Å²) in [5.74, 6) is 1.53. The number of phenols is 1. The van der Waals surface area contributed by atoms with E-state index in [-0.39, 0.29) is 16.9 Å². The minimum Gasteiger partial charge on any atom is -0.508 e. The second-order valence-electron chi connectivity index (χ2n) is 6.83. The number of ketones is 1. The van der Waals surface area contributed by atoms with Crippen molar-refractivity contribution in [2.75, 3.05) is 20.7 Å². The summed E-state index contributed by atoms with van der Waals surface area (Å²) in [5, 5.41) is 10.00. The highest BCUT2D eigenvalue weighted by Crippen LogP contribution is 2.55. The van der Waals surface area contributed by atoms with Crippen LogP contribution < -0.4 is 4.74 Å². The molecular weight excluding hydrogens is 278 g/mol. The molecule has 0 aromatic heterocycles. The fourth-order valence-corrected chi connectivity index (χ4v) is 4.84. The van der Waals surface area contributed by atoms with Crippen molar-refractivity contribution in [1.29, 1.82) is 0 Å². The normalized spacial score (nSPS) is 33.3. The molecule has 116 valence electrons. The van der Waals surface area contributed by atoms with Gasteiger partial charge in [0.2, 0.25) is 0 Å². The van der Waals surface area contributed by atoms with Crippen molar-refractivity contribution in [2.24, 2.45) is 5.92 Å². The molecule has 22 heavy (non-hydrogen) atoms. The quantitative estimate of drug-likeness (QED) is 0.862. The molecule has 2 aliphatic carbocycles. The van der Waals surface area contributed by atoms with E-state index in [4.69, 9.17) is 4.74 Å². The van der Waals surface area contributed by atoms with Crippen LogP contribution in [-0.4, -0.2) is 42.5 Å². The highest BCUT2D eigenvalue weighted by atomic mass is 16.5. The van der Waals surface area contributed by atoms with Crippen LogP contribution in [0.15, 0.2) is 24.3 Å². The van der Waals surface area contributed by atoms with Gasteiger partial charge in [-0.25, -0.2) is 0 Å². The van der Waals surface area contributed by atoms with Gasteiger partial charge in [-0.15, -0.1) is 0 Å². The van der Waals surface area contributed by atoms with Gasteiger partial charge in [0.05, 0.1) is 7.11 Å². The third-order valence-electron chi connectivity index (χ3n) is 5.84. The molecule has 1 aliphatic heterocycles. The molecule has 0 amide bonds. The number of carbonyl (C=O) groups is 1. The van der Waals surface area contributed by atoms with Gasteiger partial charge in [-0.2, -0.15) is 0 Å².